The number of hydrogen-bond donors (Lipinski definition) is 3. The second-order valence-corrected chi connectivity index (χ2v) is 15.5. The molecule has 0 aliphatic heterocycles. The van der Waals surface area contributed by atoms with Gasteiger partial charge in [-0.05, 0) is 60.6 Å². The Morgan fingerprint density at radius 3 is 2.76 bits per heavy atom. The number of esters is 1. The number of ether oxygens (including phenoxy) is 2. The standard InChI is InChI=1S/C36H46N6O6S/c1-7-34(4)16-25(35(5)20(2)11-13-36(21(3)29(34)45)14-12-24(43)28(35)36)48-26(44)18-49-31-27-30(40-32(37)41-31)42(19-39-27)33(46)38-17-22-9-8-10-23(15-22)47-6/h7-10,15,19-21,25,28-29,45H,1,11-14,16-18H2,2-6H3,(H,38,46)(H2,37,40,41)/t20-,21+,25-,28?,29+,34-,35+,36+/m1/s1. The number of thioether (sulfide) groups is 1. The fourth-order valence-electron chi connectivity index (χ4n) is 9.01. The number of aliphatic hydroxyl groups is 1. The maximum Gasteiger partial charge on any atom is 0.328 e. The number of methoxy groups -OCH3 is 1. The first kappa shape index (κ1) is 34.9. The molecule has 2 bridgehead atoms. The normalized spacial score (nSPS) is 32.5. The van der Waals surface area contributed by atoms with Crippen LogP contribution in [0.4, 0.5) is 10.7 Å². The number of nitrogens with one attached hydrogen (secondary N) is 1. The van der Waals surface area contributed by atoms with Crippen molar-refractivity contribution < 1.29 is 29.0 Å². The summed E-state index contributed by atoms with van der Waals surface area (Å²) in [5.41, 5.74) is 5.73. The van der Waals surface area contributed by atoms with E-state index in [-0.39, 0.29) is 52.8 Å². The molecule has 4 N–H and O–H groups in total. The van der Waals surface area contributed by atoms with Crippen LogP contribution in [-0.2, 0) is 20.9 Å². The average molecular weight is 691 g/mol. The van der Waals surface area contributed by atoms with Crippen molar-refractivity contribution in [2.45, 2.75) is 83.6 Å². The molecule has 1 unspecified atom stereocenters. The minimum atomic E-state index is -0.743. The lowest BCUT2D eigenvalue weighted by atomic mass is 9.44. The van der Waals surface area contributed by atoms with Gasteiger partial charge in [-0.15, -0.1) is 6.58 Å². The number of carbonyl (C=O) groups excluding carboxylic acids is 3. The lowest BCUT2D eigenvalue weighted by Crippen LogP contribution is -2.63. The van der Waals surface area contributed by atoms with Crippen molar-refractivity contribution in [1.82, 2.24) is 24.8 Å². The molecule has 12 nitrogen and oxygen atoms in total. The lowest BCUT2D eigenvalue weighted by molar-refractivity contribution is -0.205. The number of rotatable bonds is 8. The zero-order valence-corrected chi connectivity index (χ0v) is 29.6. The summed E-state index contributed by atoms with van der Waals surface area (Å²) in [5.74, 6) is -0.0961. The summed E-state index contributed by atoms with van der Waals surface area (Å²) in [4.78, 5) is 53.5. The van der Waals surface area contributed by atoms with Crippen molar-refractivity contribution in [2.75, 3.05) is 18.6 Å². The molecular weight excluding hydrogens is 644 g/mol. The zero-order chi connectivity index (χ0) is 35.3. The number of fused-ring (bicyclic) bond motifs is 1. The number of nitrogen functional groups attached to an aromatic ring is 1. The number of imidazole rings is 1. The Kier molecular flexibility index (Phi) is 9.29. The van der Waals surface area contributed by atoms with Crippen molar-refractivity contribution >= 4 is 46.7 Å². The van der Waals surface area contributed by atoms with E-state index in [0.717, 1.165) is 36.6 Å². The Hall–Kier alpha value is -3.97. The van der Waals surface area contributed by atoms with Gasteiger partial charge in [-0.2, -0.15) is 4.98 Å². The molecule has 3 aliphatic rings. The van der Waals surface area contributed by atoms with E-state index >= 15 is 0 Å². The van der Waals surface area contributed by atoms with E-state index in [4.69, 9.17) is 15.2 Å². The van der Waals surface area contributed by atoms with Gasteiger partial charge in [0.25, 0.3) is 0 Å². The number of nitrogens with two attached hydrogens (primary N) is 1. The van der Waals surface area contributed by atoms with Crippen LogP contribution in [0.1, 0.15) is 65.4 Å². The molecule has 0 saturated heterocycles. The molecule has 3 aromatic rings. The third kappa shape index (κ3) is 5.88. The summed E-state index contributed by atoms with van der Waals surface area (Å²) >= 11 is 1.09. The Bertz CT molecular complexity index is 1800. The number of amides is 1. The molecule has 0 spiro atoms. The Morgan fingerprint density at radius 1 is 1.24 bits per heavy atom. The Morgan fingerprint density at radius 2 is 2.02 bits per heavy atom. The van der Waals surface area contributed by atoms with Gasteiger partial charge < -0.3 is 25.6 Å². The summed E-state index contributed by atoms with van der Waals surface area (Å²) in [7, 11) is 1.58. The van der Waals surface area contributed by atoms with Crippen LogP contribution in [0.15, 0.2) is 48.3 Å². The molecule has 2 heterocycles. The van der Waals surface area contributed by atoms with Gasteiger partial charge in [-0.3, -0.25) is 9.59 Å². The Balaban J connectivity index is 1.22. The van der Waals surface area contributed by atoms with E-state index < -0.39 is 35.0 Å². The highest BCUT2D eigenvalue weighted by Crippen LogP contribution is 2.68. The van der Waals surface area contributed by atoms with Gasteiger partial charge in [0.05, 0.1) is 19.0 Å². The molecule has 6 rings (SSSR count). The van der Waals surface area contributed by atoms with Crippen molar-refractivity contribution in [3.8, 4) is 5.75 Å². The average Bonchev–Trinajstić information content (AvgIpc) is 3.68. The van der Waals surface area contributed by atoms with Gasteiger partial charge in [0.2, 0.25) is 5.95 Å². The molecule has 1 amide bonds. The fourth-order valence-corrected chi connectivity index (χ4v) is 9.77. The largest absolute Gasteiger partial charge is 0.497 e. The second-order valence-electron chi connectivity index (χ2n) is 14.5. The molecule has 0 radical (unpaired) electrons. The zero-order valence-electron chi connectivity index (χ0n) is 28.8. The number of carbonyl (C=O) groups is 3. The predicted octanol–water partition coefficient (Wildman–Crippen LogP) is 5.17. The van der Waals surface area contributed by atoms with E-state index in [1.807, 2.05) is 31.2 Å². The van der Waals surface area contributed by atoms with E-state index in [1.165, 1.54) is 10.9 Å². The van der Waals surface area contributed by atoms with Crippen LogP contribution in [0, 0.1) is 34.0 Å². The number of ketones is 1. The van der Waals surface area contributed by atoms with Gasteiger partial charge in [0.15, 0.2) is 5.65 Å². The molecule has 3 fully saturated rings. The third-order valence-corrected chi connectivity index (χ3v) is 13.0. The number of aliphatic hydroxyl groups excluding tert-OH is 1. The smallest absolute Gasteiger partial charge is 0.328 e. The first-order valence-electron chi connectivity index (χ1n) is 16.9. The number of nitrogens with zero attached hydrogens (tertiary/aromatic N) is 4. The van der Waals surface area contributed by atoms with E-state index in [0.29, 0.717) is 29.1 Å². The highest BCUT2D eigenvalue weighted by Gasteiger charge is 2.68. The maximum atomic E-state index is 13.7. The van der Waals surface area contributed by atoms with Crippen LogP contribution >= 0.6 is 11.8 Å². The van der Waals surface area contributed by atoms with Crippen molar-refractivity contribution in [1.29, 1.82) is 0 Å². The predicted molar refractivity (Wildman–Crippen MR) is 186 cm³/mol. The molecule has 49 heavy (non-hydrogen) atoms. The monoisotopic (exact) mass is 690 g/mol. The molecule has 3 aliphatic carbocycles. The van der Waals surface area contributed by atoms with Crippen LogP contribution in [0.2, 0.25) is 0 Å². The van der Waals surface area contributed by atoms with E-state index in [2.05, 4.69) is 47.6 Å². The summed E-state index contributed by atoms with van der Waals surface area (Å²) in [6, 6.07) is 6.90. The lowest BCUT2D eigenvalue weighted by Gasteiger charge is -2.61. The molecule has 1 aromatic carbocycles. The first-order valence-corrected chi connectivity index (χ1v) is 17.8. The minimum Gasteiger partial charge on any atom is -0.497 e. The number of aromatic nitrogens is 4. The van der Waals surface area contributed by atoms with E-state index in [9.17, 15) is 19.5 Å². The molecule has 262 valence electrons. The highest BCUT2D eigenvalue weighted by molar-refractivity contribution is 8.00. The number of benzene rings is 1. The van der Waals surface area contributed by atoms with Crippen LogP contribution in [0.25, 0.3) is 11.2 Å². The van der Waals surface area contributed by atoms with Crippen LogP contribution < -0.4 is 15.8 Å². The number of anilines is 1. The number of Topliss-reactive ketones (excluding diaryl/α,β-unsaturated/α-hetero) is 1. The van der Waals surface area contributed by atoms with Crippen LogP contribution in [0.5, 0.6) is 5.75 Å². The van der Waals surface area contributed by atoms with Crippen molar-refractivity contribution in [3.05, 3.63) is 48.8 Å². The van der Waals surface area contributed by atoms with Gasteiger partial charge in [0.1, 0.15) is 34.5 Å². The summed E-state index contributed by atoms with van der Waals surface area (Å²) < 4.78 is 12.9. The Labute approximate surface area is 290 Å². The molecule has 3 saturated carbocycles. The quantitative estimate of drug-likeness (QED) is 0.123. The molecule has 13 heteroatoms. The second kappa shape index (κ2) is 13.1. The third-order valence-electron chi connectivity index (χ3n) is 12.1. The van der Waals surface area contributed by atoms with Gasteiger partial charge in [-0.1, -0.05) is 57.7 Å². The topological polar surface area (TPSA) is 172 Å². The van der Waals surface area contributed by atoms with Gasteiger partial charge in [0, 0.05) is 29.7 Å². The van der Waals surface area contributed by atoms with Crippen molar-refractivity contribution in [3.63, 3.8) is 0 Å². The minimum absolute atomic E-state index is 0.0739. The molecule has 8 atom stereocenters. The summed E-state index contributed by atoms with van der Waals surface area (Å²) in [6.07, 6.45) is 5.05. The van der Waals surface area contributed by atoms with Gasteiger partial charge >= 0.3 is 12.0 Å². The molecule has 2 aromatic heterocycles. The number of hydrogen-bond acceptors (Lipinski definition) is 11. The molecular formula is C36H46N6O6S. The van der Waals surface area contributed by atoms with Gasteiger partial charge in [-0.25, -0.2) is 19.3 Å². The van der Waals surface area contributed by atoms with Crippen molar-refractivity contribution in [2.24, 2.45) is 34.0 Å². The van der Waals surface area contributed by atoms with Crippen LogP contribution in [0.3, 0.4) is 0 Å². The van der Waals surface area contributed by atoms with Crippen LogP contribution in [-0.4, -0.2) is 67.5 Å². The SMILES string of the molecule is C=C[C@]1(C)C[C@@H](OC(=O)CSc2nc(N)nc3c2ncn3C(=O)NCc2cccc(OC)c2)[C@@]2(C)C3C(=O)CC[C@@]3(CC[C@H]2C)[C@@H](C)[C@@H]1O. The summed E-state index contributed by atoms with van der Waals surface area (Å²) in [6.45, 7) is 12.6. The maximum absolute atomic E-state index is 13.7. The summed E-state index contributed by atoms with van der Waals surface area (Å²) in [5, 5.41) is 15.0. The fraction of sp³-hybridized carbons (Fsp3) is 0.556. The van der Waals surface area contributed by atoms with E-state index in [1.54, 1.807) is 13.2 Å². The highest BCUT2D eigenvalue weighted by atomic mass is 32.2. The first-order chi connectivity index (χ1) is 23.3.